The zero-order valence-electron chi connectivity index (χ0n) is 24.1. The second-order valence-corrected chi connectivity index (χ2v) is 13.2. The third-order valence-corrected chi connectivity index (χ3v) is 8.05. The molecule has 2 aromatic heterocycles. The lowest BCUT2D eigenvalue weighted by atomic mass is 9.62. The summed E-state index contributed by atoms with van der Waals surface area (Å²) in [5.41, 5.74) is 1.84. The van der Waals surface area contributed by atoms with Crippen molar-refractivity contribution in [2.24, 2.45) is 0 Å². The average Bonchev–Trinajstić information content (AvgIpc) is 3.08. The van der Waals surface area contributed by atoms with Gasteiger partial charge in [0.05, 0.1) is 41.3 Å². The van der Waals surface area contributed by atoms with Crippen LogP contribution in [0, 0.1) is 5.82 Å². The van der Waals surface area contributed by atoms with Gasteiger partial charge in [-0.05, 0) is 38.8 Å². The van der Waals surface area contributed by atoms with Gasteiger partial charge in [-0.1, -0.05) is 13.8 Å². The second-order valence-electron chi connectivity index (χ2n) is 11.4. The summed E-state index contributed by atoms with van der Waals surface area (Å²) in [5.74, 6) is -0.482. The Balaban J connectivity index is 1.57. The van der Waals surface area contributed by atoms with Crippen LogP contribution in [0.15, 0.2) is 30.6 Å². The van der Waals surface area contributed by atoms with Crippen LogP contribution in [0.2, 0.25) is 0 Å². The zero-order valence-corrected chi connectivity index (χ0v) is 24.9. The van der Waals surface area contributed by atoms with Crippen LogP contribution in [0.3, 0.4) is 0 Å². The number of sulfonamides is 1. The Bertz CT molecular complexity index is 1600. The lowest BCUT2D eigenvalue weighted by Crippen LogP contribution is -2.52. The first kappa shape index (κ1) is 29.2. The molecule has 0 saturated heterocycles. The summed E-state index contributed by atoms with van der Waals surface area (Å²) in [6.07, 6.45) is 5.17. The maximum absolute atomic E-state index is 15.6. The molecule has 1 aliphatic carbocycles. The number of pyridine rings is 2. The van der Waals surface area contributed by atoms with E-state index in [0.29, 0.717) is 41.5 Å². The van der Waals surface area contributed by atoms with Crippen LogP contribution in [0.5, 0.6) is 5.88 Å². The van der Waals surface area contributed by atoms with Crippen molar-refractivity contribution in [1.82, 2.24) is 15.3 Å². The van der Waals surface area contributed by atoms with Crippen LogP contribution in [0.4, 0.5) is 15.8 Å². The minimum Gasteiger partial charge on any atom is -0.475 e. The minimum absolute atomic E-state index is 0.0222. The summed E-state index contributed by atoms with van der Waals surface area (Å²) in [4.78, 5) is 23.9. The maximum atomic E-state index is 15.6. The third kappa shape index (κ3) is 5.60. The molecule has 0 atom stereocenters. The standard InChI is InChI=1S/C29H36FN5O5S/c1-16(2)31-7-8-39-27-24(34-41(6,37)38)9-18(14-33-27)20-10-21-23(11-22(20)30)32-15-25-26(21)29(28(36)35(25)5)12-19(13-29)40-17(3)4/h9-11,14-17,19,31,34H,7-8,12-13H2,1-6H3. The third-order valence-electron chi connectivity index (χ3n) is 7.46. The van der Waals surface area contributed by atoms with E-state index in [1.165, 1.54) is 18.3 Å². The number of rotatable bonds is 10. The number of hydrogen-bond donors (Lipinski definition) is 2. The number of benzene rings is 1. The highest BCUT2D eigenvalue weighted by Crippen LogP contribution is 2.56. The number of likely N-dealkylation sites (N-methyl/N-ethyl adjacent to an activating group) is 1. The smallest absolute Gasteiger partial charge is 0.238 e. The maximum Gasteiger partial charge on any atom is 0.238 e. The number of amides is 1. The molecule has 0 unspecified atom stereocenters. The molecule has 3 heterocycles. The molecule has 41 heavy (non-hydrogen) atoms. The van der Waals surface area contributed by atoms with Crippen molar-refractivity contribution in [1.29, 1.82) is 0 Å². The number of fused-ring (bicyclic) bond motifs is 4. The Morgan fingerprint density at radius 3 is 2.54 bits per heavy atom. The van der Waals surface area contributed by atoms with Gasteiger partial charge in [0.1, 0.15) is 18.1 Å². The molecule has 1 spiro atoms. The van der Waals surface area contributed by atoms with E-state index in [4.69, 9.17) is 9.47 Å². The van der Waals surface area contributed by atoms with Crippen LogP contribution in [-0.4, -0.2) is 69.0 Å². The zero-order chi connectivity index (χ0) is 29.7. The molecule has 220 valence electrons. The number of hydrogen-bond acceptors (Lipinski definition) is 8. The molecule has 1 aromatic carbocycles. The normalized spacial score (nSPS) is 20.3. The van der Waals surface area contributed by atoms with Crippen molar-refractivity contribution in [3.8, 4) is 17.0 Å². The molecule has 10 nitrogen and oxygen atoms in total. The predicted molar refractivity (Wildman–Crippen MR) is 156 cm³/mol. The van der Waals surface area contributed by atoms with Gasteiger partial charge in [0.25, 0.3) is 0 Å². The second kappa shape index (κ2) is 10.8. The number of halogens is 1. The van der Waals surface area contributed by atoms with E-state index < -0.39 is 21.3 Å². The topological polar surface area (TPSA) is 123 Å². The van der Waals surface area contributed by atoms with E-state index in [1.807, 2.05) is 27.7 Å². The van der Waals surface area contributed by atoms with Crippen LogP contribution < -0.4 is 19.7 Å². The van der Waals surface area contributed by atoms with Gasteiger partial charge in [-0.3, -0.25) is 14.5 Å². The van der Waals surface area contributed by atoms with Gasteiger partial charge in [-0.15, -0.1) is 0 Å². The van der Waals surface area contributed by atoms with Crippen LogP contribution in [0.25, 0.3) is 22.0 Å². The first-order valence-electron chi connectivity index (χ1n) is 13.7. The van der Waals surface area contributed by atoms with E-state index >= 15 is 4.39 Å². The van der Waals surface area contributed by atoms with Gasteiger partial charge in [-0.25, -0.2) is 17.8 Å². The van der Waals surface area contributed by atoms with Gasteiger partial charge < -0.3 is 19.7 Å². The van der Waals surface area contributed by atoms with E-state index in [2.05, 4.69) is 20.0 Å². The highest BCUT2D eigenvalue weighted by Gasteiger charge is 2.59. The number of aromatic nitrogens is 2. The Morgan fingerprint density at radius 1 is 1.15 bits per heavy atom. The average molecular weight is 586 g/mol. The summed E-state index contributed by atoms with van der Waals surface area (Å²) in [5, 5.41) is 3.88. The number of nitrogens with zero attached hydrogens (tertiary/aromatic N) is 3. The summed E-state index contributed by atoms with van der Waals surface area (Å²) in [7, 11) is -1.95. The molecule has 2 N–H and O–H groups in total. The molecular formula is C29H36FN5O5S. The van der Waals surface area contributed by atoms with Crippen molar-refractivity contribution in [2.45, 2.75) is 64.2 Å². The molecule has 1 fully saturated rings. The molecule has 2 aliphatic rings. The predicted octanol–water partition coefficient (Wildman–Crippen LogP) is 3.99. The lowest BCUT2D eigenvalue weighted by Gasteiger charge is -2.44. The molecule has 1 amide bonds. The van der Waals surface area contributed by atoms with Crippen LogP contribution >= 0.6 is 0 Å². The van der Waals surface area contributed by atoms with E-state index in [9.17, 15) is 13.2 Å². The summed E-state index contributed by atoms with van der Waals surface area (Å²) >= 11 is 0. The summed E-state index contributed by atoms with van der Waals surface area (Å²) in [6, 6.07) is 4.78. The van der Waals surface area contributed by atoms with Crippen LogP contribution in [0.1, 0.15) is 46.1 Å². The van der Waals surface area contributed by atoms with Gasteiger partial charge in [0.2, 0.25) is 21.8 Å². The molecule has 5 rings (SSSR count). The van der Waals surface area contributed by atoms with Gasteiger partial charge in [0, 0.05) is 54.0 Å². The van der Waals surface area contributed by atoms with E-state index in [0.717, 1.165) is 11.8 Å². The molecule has 3 aromatic rings. The Labute approximate surface area is 239 Å². The van der Waals surface area contributed by atoms with Crippen molar-refractivity contribution < 1.29 is 27.1 Å². The lowest BCUT2D eigenvalue weighted by molar-refractivity contribution is -0.136. The number of carbonyl (C=O) groups is 1. The fourth-order valence-corrected chi connectivity index (χ4v) is 6.32. The Morgan fingerprint density at radius 2 is 1.88 bits per heavy atom. The van der Waals surface area contributed by atoms with E-state index in [-0.39, 0.29) is 47.9 Å². The highest BCUT2D eigenvalue weighted by atomic mass is 32.2. The highest BCUT2D eigenvalue weighted by molar-refractivity contribution is 7.92. The first-order chi connectivity index (χ1) is 19.3. The fraction of sp³-hybridized carbons (Fsp3) is 0.483. The molecule has 1 aliphatic heterocycles. The van der Waals surface area contributed by atoms with E-state index in [1.54, 1.807) is 24.2 Å². The number of nitrogens with one attached hydrogen (secondary N) is 2. The summed E-state index contributed by atoms with van der Waals surface area (Å²) < 4.78 is 53.9. The first-order valence-corrected chi connectivity index (χ1v) is 15.6. The van der Waals surface area contributed by atoms with Crippen molar-refractivity contribution >= 4 is 38.2 Å². The molecule has 0 bridgehead atoms. The quantitative estimate of drug-likeness (QED) is 0.343. The van der Waals surface area contributed by atoms with Gasteiger partial charge >= 0.3 is 0 Å². The Hall–Kier alpha value is -3.35. The molecule has 12 heteroatoms. The largest absolute Gasteiger partial charge is 0.475 e. The van der Waals surface area contributed by atoms with Gasteiger partial charge in [0.15, 0.2) is 0 Å². The monoisotopic (exact) mass is 585 g/mol. The van der Waals surface area contributed by atoms with Crippen molar-refractivity contribution in [3.05, 3.63) is 42.0 Å². The fourth-order valence-electron chi connectivity index (χ4n) is 5.78. The van der Waals surface area contributed by atoms with Gasteiger partial charge in [-0.2, -0.15) is 0 Å². The SMILES string of the molecule is CC(C)NCCOc1ncc(-c2cc3c4c(cnc3cc2F)N(C)C(=O)C42CC(OC(C)C)C2)cc1NS(C)(=O)=O. The Kier molecular flexibility index (Phi) is 7.68. The number of anilines is 2. The summed E-state index contributed by atoms with van der Waals surface area (Å²) in [6.45, 7) is 8.74. The molecule has 0 radical (unpaired) electrons. The minimum atomic E-state index is -3.68. The molecule has 1 saturated carbocycles. The number of ether oxygens (including phenoxy) is 2. The number of carbonyl (C=O) groups excluding carboxylic acids is 1. The molecular weight excluding hydrogens is 549 g/mol. The van der Waals surface area contributed by atoms with Crippen molar-refractivity contribution in [3.63, 3.8) is 0 Å². The van der Waals surface area contributed by atoms with Crippen LogP contribution in [-0.2, 0) is 25.0 Å². The van der Waals surface area contributed by atoms with Crippen molar-refractivity contribution in [2.75, 3.05) is 36.1 Å².